The predicted octanol–water partition coefficient (Wildman–Crippen LogP) is 9.08. The zero-order valence-corrected chi connectivity index (χ0v) is 30.1. The molecule has 0 spiro atoms. The summed E-state index contributed by atoms with van der Waals surface area (Å²) in [6, 6.07) is 0. The van der Waals surface area contributed by atoms with Gasteiger partial charge >= 0.3 is 0 Å². The van der Waals surface area contributed by atoms with Gasteiger partial charge in [-0.25, -0.2) is 0 Å². The van der Waals surface area contributed by atoms with E-state index in [2.05, 4.69) is 102 Å². The molecule has 218 valence electrons. The van der Waals surface area contributed by atoms with E-state index in [0.717, 1.165) is 0 Å². The van der Waals surface area contributed by atoms with Crippen molar-refractivity contribution in [2.75, 3.05) is 25.0 Å². The van der Waals surface area contributed by atoms with Gasteiger partial charge in [0.05, 0.1) is 31.3 Å². The molecule has 0 saturated heterocycles. The van der Waals surface area contributed by atoms with Crippen LogP contribution in [0.3, 0.4) is 0 Å². The fourth-order valence-corrected chi connectivity index (χ4v) is 4.00. The predicted molar refractivity (Wildman–Crippen MR) is 170 cm³/mol. The van der Waals surface area contributed by atoms with Crippen molar-refractivity contribution in [3.63, 3.8) is 0 Å². The molecule has 0 rings (SSSR count). The van der Waals surface area contributed by atoms with E-state index in [-0.39, 0.29) is 36.1 Å². The summed E-state index contributed by atoms with van der Waals surface area (Å²) in [5, 5.41) is 17.1. The van der Waals surface area contributed by atoms with Crippen molar-refractivity contribution in [3.8, 4) is 0 Å². The third kappa shape index (κ3) is 19.1. The highest BCUT2D eigenvalue weighted by atomic mass is 35.6. The van der Waals surface area contributed by atoms with Crippen LogP contribution in [0.5, 0.6) is 0 Å². The monoisotopic (exact) mass is 614 g/mol. The summed E-state index contributed by atoms with van der Waals surface area (Å²) in [4.78, 5) is 0. The first-order valence-corrected chi connectivity index (χ1v) is 23.0. The highest BCUT2D eigenvalue weighted by molar-refractivity contribution is 7.20. The van der Waals surface area contributed by atoms with Gasteiger partial charge in [0.25, 0.3) is 0 Å². The van der Waals surface area contributed by atoms with E-state index in [9.17, 15) is 0 Å². The first kappa shape index (κ1) is 43.4. The fourth-order valence-electron chi connectivity index (χ4n) is 1.27. The molecule has 2 N–H and O–H groups in total. The van der Waals surface area contributed by atoms with Crippen LogP contribution in [0.4, 0.5) is 0 Å². The van der Waals surface area contributed by atoms with Crippen LogP contribution in [0.25, 0.3) is 0 Å². The van der Waals surface area contributed by atoms with Crippen molar-refractivity contribution in [1.29, 1.82) is 0 Å². The van der Waals surface area contributed by atoms with Crippen LogP contribution in [0.2, 0.25) is 54.4 Å². The van der Waals surface area contributed by atoms with Crippen molar-refractivity contribution < 1.29 is 19.1 Å². The Morgan fingerprint density at radius 2 is 1.06 bits per heavy atom. The van der Waals surface area contributed by atoms with Crippen LogP contribution >= 0.6 is 34.3 Å². The number of aliphatic hydroxyl groups excluding tert-OH is 2. The average molecular weight is 616 g/mol. The van der Waals surface area contributed by atoms with Gasteiger partial charge < -0.3 is 19.1 Å². The van der Waals surface area contributed by atoms with Crippen molar-refractivity contribution >= 4 is 58.3 Å². The van der Waals surface area contributed by atoms with Crippen LogP contribution in [0.15, 0.2) is 0 Å². The lowest BCUT2D eigenvalue weighted by Gasteiger charge is -2.41. The van der Waals surface area contributed by atoms with Crippen LogP contribution in [0.1, 0.15) is 69.7 Å². The van der Waals surface area contributed by atoms with Gasteiger partial charge in [0, 0.05) is 5.88 Å². The Hall–Kier alpha value is 1.36. The van der Waals surface area contributed by atoms with Gasteiger partial charge in [-0.15, -0.1) is 23.2 Å². The van der Waals surface area contributed by atoms with Crippen molar-refractivity contribution in [1.82, 2.24) is 0 Å². The molecule has 0 bridgehead atoms. The molecule has 0 aliphatic heterocycles. The maximum atomic E-state index is 8.28. The topological polar surface area (TPSA) is 58.9 Å². The normalized spacial score (nSPS) is 15.1. The van der Waals surface area contributed by atoms with Crippen LogP contribution in [0, 0.1) is 0 Å². The molecule has 0 amide bonds. The smallest absolute Gasteiger partial charge is 0.192 e. The molecule has 4 nitrogen and oxygen atoms in total. The summed E-state index contributed by atoms with van der Waals surface area (Å²) in [6.07, 6.45) is -0.738. The lowest BCUT2D eigenvalue weighted by Crippen LogP contribution is -2.48. The first-order valence-electron chi connectivity index (χ1n) is 12.1. The third-order valence-corrected chi connectivity index (χ3v) is 22.1. The zero-order valence-electron chi connectivity index (χ0n) is 24.8. The number of alkyl halides is 2. The second kappa shape index (κ2) is 17.1. The van der Waals surface area contributed by atoms with Crippen LogP contribution in [-0.4, -0.2) is 71.4 Å². The zero-order chi connectivity index (χ0) is 28.4. The summed E-state index contributed by atoms with van der Waals surface area (Å²) in [6.45, 7) is 33.9. The third-order valence-electron chi connectivity index (χ3n) is 7.05. The molecule has 0 unspecified atom stereocenters. The van der Waals surface area contributed by atoms with Crippen LogP contribution < -0.4 is 0 Å². The Labute approximate surface area is 237 Å². The molecule has 10 heteroatoms. The Balaban J connectivity index is -0.000000263. The Morgan fingerprint density at radius 3 is 1.23 bits per heavy atom. The minimum absolute atomic E-state index is 0. The Kier molecular flexibility index (Phi) is 21.3. The summed E-state index contributed by atoms with van der Waals surface area (Å²) >= 11 is 17.3. The van der Waals surface area contributed by atoms with E-state index >= 15 is 0 Å². The van der Waals surface area contributed by atoms with Crippen molar-refractivity contribution in [3.05, 3.63) is 0 Å². The molecule has 0 heterocycles. The highest BCUT2D eigenvalue weighted by Crippen LogP contribution is 2.39. The van der Waals surface area contributed by atoms with Gasteiger partial charge in [0.15, 0.2) is 24.0 Å². The molecule has 0 aliphatic carbocycles. The molecule has 0 radical (unpaired) electrons. The maximum absolute atomic E-state index is 8.28. The van der Waals surface area contributed by atoms with E-state index in [1.54, 1.807) is 0 Å². The summed E-state index contributed by atoms with van der Waals surface area (Å²) in [7, 11) is -4.90. The standard InChI is InChI=1S/C15H35ClO2Si2.C6H15ClSi.C3H7ClO2.CH4/c1-14(2,3)19(7,8)17-12-13(11-16)18-20(9,10)15(4,5)6;1-6(2,3)8(4,5)7;4-1-3(6)2-5;/h13H,11-12H2,1-10H3;1-5H3;3,5-6H,1-2H2;1H4/t13-;;3-;/m0.0./s1. The average Bonchev–Trinajstić information content (AvgIpc) is 2.61. The minimum atomic E-state index is -1.78. The second-order valence-corrected chi connectivity index (χ2v) is 30.9. The van der Waals surface area contributed by atoms with E-state index < -0.39 is 30.1 Å². The lowest BCUT2D eigenvalue weighted by atomic mass is 10.2. The highest BCUT2D eigenvalue weighted by Gasteiger charge is 2.41. The van der Waals surface area contributed by atoms with Gasteiger partial charge in [-0.2, -0.15) is 11.1 Å². The van der Waals surface area contributed by atoms with Gasteiger partial charge in [-0.1, -0.05) is 82.8 Å². The van der Waals surface area contributed by atoms with Gasteiger partial charge in [-0.3, -0.25) is 0 Å². The molecule has 0 aromatic carbocycles. The summed E-state index contributed by atoms with van der Waals surface area (Å²) < 4.78 is 12.6. The summed E-state index contributed by atoms with van der Waals surface area (Å²) in [5.41, 5.74) is 0. The second-order valence-electron chi connectivity index (χ2n) is 13.4. The van der Waals surface area contributed by atoms with Gasteiger partial charge in [-0.05, 0) is 41.3 Å². The fraction of sp³-hybridized carbons (Fsp3) is 1.00. The van der Waals surface area contributed by atoms with Gasteiger partial charge in [0.1, 0.15) is 0 Å². The minimum Gasteiger partial charge on any atom is -0.414 e. The van der Waals surface area contributed by atoms with E-state index in [0.29, 0.717) is 17.5 Å². The molecule has 2 atom stereocenters. The van der Waals surface area contributed by atoms with Gasteiger partial charge in [0.2, 0.25) is 0 Å². The molecule has 35 heavy (non-hydrogen) atoms. The van der Waals surface area contributed by atoms with E-state index in [4.69, 9.17) is 53.3 Å². The van der Waals surface area contributed by atoms with Crippen LogP contribution in [-0.2, 0) is 8.85 Å². The Bertz CT molecular complexity index is 520. The maximum Gasteiger partial charge on any atom is 0.192 e. The quantitative estimate of drug-likeness (QED) is 0.162. The van der Waals surface area contributed by atoms with Crippen molar-refractivity contribution in [2.24, 2.45) is 0 Å². The number of halogens is 3. The lowest BCUT2D eigenvalue weighted by molar-refractivity contribution is 0.112. The molecule has 0 saturated carbocycles. The van der Waals surface area contributed by atoms with E-state index in [1.807, 2.05) is 0 Å². The number of rotatable bonds is 8. The molecule has 0 aromatic heterocycles. The molecule has 0 aromatic rings. The molecular weight excluding hydrogens is 555 g/mol. The van der Waals surface area contributed by atoms with Crippen molar-refractivity contribution in [2.45, 2.75) is 136 Å². The summed E-state index contributed by atoms with van der Waals surface area (Å²) in [5.74, 6) is 0.609. The molecule has 0 fully saturated rings. The SMILES string of the molecule is C.CC(C)(C)[Si](C)(C)Cl.CC(C)(C)[Si](C)(C)OC[C@H](CCl)O[Si](C)(C)C(C)(C)C.OC[C@@H](O)CCl. The largest absolute Gasteiger partial charge is 0.414 e. The first-order chi connectivity index (χ1) is 14.7. The Morgan fingerprint density at radius 1 is 0.714 bits per heavy atom. The molecule has 0 aliphatic rings. The number of hydrogen-bond donors (Lipinski definition) is 2. The van der Waals surface area contributed by atoms with E-state index in [1.165, 1.54) is 0 Å². The number of aliphatic hydroxyl groups is 2. The molecular formula is C25H61Cl3O4Si3. The number of hydrogen-bond acceptors (Lipinski definition) is 4.